The number of urea groups is 1. The number of benzene rings is 1. The average Bonchev–Trinajstić information content (AvgIpc) is 3.59. The fourth-order valence-electron chi connectivity index (χ4n) is 4.15. The minimum Gasteiger partial charge on any atom is -0.368 e. The van der Waals surface area contributed by atoms with Crippen LogP contribution in [0, 0.1) is 5.92 Å². The second-order valence-electron chi connectivity index (χ2n) is 8.42. The molecule has 0 bridgehead atoms. The Labute approximate surface area is 185 Å². The van der Waals surface area contributed by atoms with E-state index in [1.165, 1.54) is 0 Å². The second-order valence-corrected chi connectivity index (χ2v) is 8.86. The molecular weight excluding hydrogens is 422 g/mol. The first kappa shape index (κ1) is 21.4. The van der Waals surface area contributed by atoms with Crippen LogP contribution >= 0.6 is 11.6 Å². The molecule has 1 aromatic rings. The van der Waals surface area contributed by atoms with E-state index in [9.17, 15) is 19.2 Å². The van der Waals surface area contributed by atoms with Gasteiger partial charge in [-0.05, 0) is 49.9 Å². The number of nitrogens with zero attached hydrogens (tertiary/aromatic N) is 3. The summed E-state index contributed by atoms with van der Waals surface area (Å²) in [6, 6.07) is 7.01. The molecule has 1 atom stereocenters. The Morgan fingerprint density at radius 2 is 1.77 bits per heavy atom. The summed E-state index contributed by atoms with van der Waals surface area (Å²) in [6.07, 6.45) is 1.78. The molecule has 1 unspecified atom stereocenters. The van der Waals surface area contributed by atoms with E-state index < -0.39 is 17.5 Å². The molecule has 1 aromatic carbocycles. The first-order valence-electron chi connectivity index (χ1n) is 10.5. The van der Waals surface area contributed by atoms with E-state index >= 15 is 0 Å². The van der Waals surface area contributed by atoms with Crippen molar-refractivity contribution in [1.29, 1.82) is 0 Å². The minimum absolute atomic E-state index is 0.130. The predicted molar refractivity (Wildman–Crippen MR) is 115 cm³/mol. The van der Waals surface area contributed by atoms with Gasteiger partial charge in [0.05, 0.1) is 6.54 Å². The fourth-order valence-corrected chi connectivity index (χ4v) is 4.27. The molecule has 0 radical (unpaired) electrons. The normalized spacial score (nSPS) is 23.7. The molecule has 31 heavy (non-hydrogen) atoms. The topological polar surface area (TPSA) is 102 Å². The highest BCUT2D eigenvalue weighted by molar-refractivity contribution is 6.30. The molecule has 2 saturated heterocycles. The average molecular weight is 448 g/mol. The lowest BCUT2D eigenvalue weighted by Gasteiger charge is -2.36. The quantitative estimate of drug-likeness (QED) is 0.629. The van der Waals surface area contributed by atoms with Gasteiger partial charge in [-0.3, -0.25) is 19.3 Å². The van der Waals surface area contributed by atoms with Crippen molar-refractivity contribution < 1.29 is 19.2 Å². The summed E-state index contributed by atoms with van der Waals surface area (Å²) in [5.41, 5.74) is 0.133. The molecule has 0 aromatic heterocycles. The van der Waals surface area contributed by atoms with E-state index in [4.69, 9.17) is 11.6 Å². The Kier molecular flexibility index (Phi) is 5.79. The van der Waals surface area contributed by atoms with Crippen LogP contribution in [0.2, 0.25) is 5.02 Å². The van der Waals surface area contributed by atoms with Crippen LogP contribution in [0.3, 0.4) is 0 Å². The number of carbonyl (C=O) groups is 4. The molecule has 0 spiro atoms. The monoisotopic (exact) mass is 447 g/mol. The summed E-state index contributed by atoms with van der Waals surface area (Å²) < 4.78 is 0. The number of hydrogen-bond donors (Lipinski definition) is 2. The van der Waals surface area contributed by atoms with E-state index in [0.717, 1.165) is 23.4 Å². The van der Waals surface area contributed by atoms with E-state index in [2.05, 4.69) is 15.5 Å². The number of hydrogen-bond acceptors (Lipinski definition) is 5. The van der Waals surface area contributed by atoms with Gasteiger partial charge in [0.1, 0.15) is 12.1 Å². The van der Waals surface area contributed by atoms with Crippen LogP contribution in [0.4, 0.5) is 10.5 Å². The smallest absolute Gasteiger partial charge is 0.325 e. The molecule has 2 aliphatic heterocycles. The molecule has 9 nitrogen and oxygen atoms in total. The van der Waals surface area contributed by atoms with Crippen molar-refractivity contribution >= 4 is 41.0 Å². The van der Waals surface area contributed by atoms with E-state index in [1.807, 2.05) is 24.3 Å². The van der Waals surface area contributed by atoms with Crippen LogP contribution in [0.1, 0.15) is 19.8 Å². The molecule has 5 amide bonds. The first-order valence-corrected chi connectivity index (χ1v) is 10.8. The minimum atomic E-state index is -0.920. The summed E-state index contributed by atoms with van der Waals surface area (Å²) in [5.74, 6) is -0.967. The number of imide groups is 1. The molecule has 1 saturated carbocycles. The highest BCUT2D eigenvalue weighted by atomic mass is 35.5. The third-order valence-electron chi connectivity index (χ3n) is 6.26. The summed E-state index contributed by atoms with van der Waals surface area (Å²) in [6.45, 7) is 3.62. The van der Waals surface area contributed by atoms with Crippen molar-refractivity contribution in [2.75, 3.05) is 44.2 Å². The highest BCUT2D eigenvalue weighted by Crippen LogP contribution is 2.42. The van der Waals surface area contributed by atoms with Crippen molar-refractivity contribution in [1.82, 2.24) is 20.4 Å². The van der Waals surface area contributed by atoms with Gasteiger partial charge in [-0.15, -0.1) is 0 Å². The summed E-state index contributed by atoms with van der Waals surface area (Å²) in [7, 11) is 0. The first-order chi connectivity index (χ1) is 14.8. The molecule has 3 fully saturated rings. The van der Waals surface area contributed by atoms with Gasteiger partial charge < -0.3 is 20.4 Å². The third-order valence-corrected chi connectivity index (χ3v) is 6.51. The maximum Gasteiger partial charge on any atom is 0.325 e. The lowest BCUT2D eigenvalue weighted by atomic mass is 9.96. The van der Waals surface area contributed by atoms with Crippen LogP contribution in [0.15, 0.2) is 24.3 Å². The summed E-state index contributed by atoms with van der Waals surface area (Å²) >= 11 is 5.93. The number of halogens is 1. The lowest BCUT2D eigenvalue weighted by molar-refractivity contribution is -0.136. The molecule has 10 heteroatoms. The van der Waals surface area contributed by atoms with Crippen molar-refractivity contribution in [3.05, 3.63) is 29.3 Å². The van der Waals surface area contributed by atoms with Crippen LogP contribution in [-0.4, -0.2) is 78.4 Å². The van der Waals surface area contributed by atoms with Crippen LogP contribution in [-0.2, 0) is 14.4 Å². The molecule has 3 aliphatic rings. The van der Waals surface area contributed by atoms with Crippen LogP contribution in [0.25, 0.3) is 0 Å². The standard InChI is InChI=1S/C21H26ClN5O4/c1-21(14-2-3-14)19(30)27(20(31)24-21)13-17(28)23-12-18(29)26-10-8-25(9-11-26)16-6-4-15(22)5-7-16/h4-7,14H,2-3,8-13H2,1H3,(H,23,28)(H,24,31). The number of amides is 5. The zero-order valence-corrected chi connectivity index (χ0v) is 18.2. The number of rotatable bonds is 6. The van der Waals surface area contributed by atoms with Crippen molar-refractivity contribution in [3.8, 4) is 0 Å². The molecule has 4 rings (SSSR count). The number of piperazine rings is 1. The Bertz CT molecular complexity index is 896. The fraction of sp³-hybridized carbons (Fsp3) is 0.524. The van der Waals surface area contributed by atoms with Gasteiger partial charge in [0.25, 0.3) is 5.91 Å². The molecule has 1 aliphatic carbocycles. The number of carbonyl (C=O) groups excluding carboxylic acids is 4. The van der Waals surface area contributed by atoms with Gasteiger partial charge in [0, 0.05) is 36.9 Å². The second kappa shape index (κ2) is 8.37. The van der Waals surface area contributed by atoms with Crippen molar-refractivity contribution in [2.24, 2.45) is 5.92 Å². The molecular formula is C21H26ClN5O4. The molecule has 2 N–H and O–H groups in total. The van der Waals surface area contributed by atoms with Crippen LogP contribution in [0.5, 0.6) is 0 Å². The predicted octanol–water partition coefficient (Wildman–Crippen LogP) is 0.825. The third kappa shape index (κ3) is 4.46. The molecule has 166 valence electrons. The van der Waals surface area contributed by atoms with Crippen molar-refractivity contribution in [2.45, 2.75) is 25.3 Å². The Morgan fingerprint density at radius 1 is 1.13 bits per heavy atom. The Morgan fingerprint density at radius 3 is 2.39 bits per heavy atom. The van der Waals surface area contributed by atoms with Gasteiger partial charge in [-0.1, -0.05) is 11.6 Å². The zero-order chi connectivity index (χ0) is 22.2. The zero-order valence-electron chi connectivity index (χ0n) is 17.4. The van der Waals surface area contributed by atoms with Gasteiger partial charge in [-0.25, -0.2) is 4.79 Å². The molecule has 2 heterocycles. The highest BCUT2D eigenvalue weighted by Gasteiger charge is 2.56. The Hall–Kier alpha value is -2.81. The lowest BCUT2D eigenvalue weighted by Crippen LogP contribution is -2.52. The summed E-state index contributed by atoms with van der Waals surface area (Å²) in [5, 5.41) is 5.92. The van der Waals surface area contributed by atoms with Gasteiger partial charge in [-0.2, -0.15) is 0 Å². The van der Waals surface area contributed by atoms with E-state index in [1.54, 1.807) is 11.8 Å². The maximum absolute atomic E-state index is 12.6. The van der Waals surface area contributed by atoms with Gasteiger partial charge in [0.15, 0.2) is 0 Å². The van der Waals surface area contributed by atoms with E-state index in [0.29, 0.717) is 31.2 Å². The Balaban J connectivity index is 1.22. The van der Waals surface area contributed by atoms with Gasteiger partial charge in [0.2, 0.25) is 11.8 Å². The van der Waals surface area contributed by atoms with E-state index in [-0.39, 0.29) is 30.8 Å². The van der Waals surface area contributed by atoms with Gasteiger partial charge >= 0.3 is 6.03 Å². The number of nitrogens with one attached hydrogen (secondary N) is 2. The maximum atomic E-state index is 12.6. The largest absolute Gasteiger partial charge is 0.368 e. The summed E-state index contributed by atoms with van der Waals surface area (Å²) in [4.78, 5) is 54.3. The SMILES string of the molecule is CC1(C2CC2)NC(=O)N(CC(=O)NCC(=O)N2CCN(c3ccc(Cl)cc3)CC2)C1=O. The van der Waals surface area contributed by atoms with Crippen LogP contribution < -0.4 is 15.5 Å². The van der Waals surface area contributed by atoms with Crippen molar-refractivity contribution in [3.63, 3.8) is 0 Å². The number of anilines is 1.